The molecular weight excluding hydrogens is 390 g/mol. The van der Waals surface area contributed by atoms with Gasteiger partial charge in [-0.15, -0.1) is 0 Å². The van der Waals surface area contributed by atoms with Gasteiger partial charge in [0, 0.05) is 24.8 Å². The number of hydrogen-bond donors (Lipinski definition) is 0. The van der Waals surface area contributed by atoms with E-state index in [2.05, 4.69) is 6.07 Å². The zero-order valence-electron chi connectivity index (χ0n) is 17.2. The number of aromatic nitrogens is 1. The molecular formula is C25H21N3O3. The number of nitrogens with zero attached hydrogens (tertiary/aromatic N) is 3. The molecule has 0 unspecified atom stereocenters. The summed E-state index contributed by atoms with van der Waals surface area (Å²) in [5.41, 5.74) is 3.25. The molecule has 0 spiro atoms. The molecule has 0 fully saturated rings. The van der Waals surface area contributed by atoms with Crippen LogP contribution in [0, 0.1) is 22.7 Å². The Morgan fingerprint density at radius 1 is 0.903 bits per heavy atom. The first-order chi connectivity index (χ1) is 15.2. The van der Waals surface area contributed by atoms with Gasteiger partial charge in [-0.2, -0.15) is 10.5 Å². The standard InChI is InChI=1S/C25H21N3O3/c1-2-29-19-7-5-6-18(14-19)9-12-31-24-16-20(30-13-10-26)15-23-25(24)21(17-27)22-8-3-4-11-28(22)23/h3-8,11,14-16H,2,9,12-13H2,1H3. The normalized spacial score (nSPS) is 10.5. The van der Waals surface area contributed by atoms with Crippen LogP contribution in [-0.2, 0) is 6.42 Å². The Morgan fingerprint density at radius 2 is 1.81 bits per heavy atom. The second-order valence-electron chi connectivity index (χ2n) is 6.88. The highest BCUT2D eigenvalue weighted by Gasteiger charge is 2.18. The van der Waals surface area contributed by atoms with Gasteiger partial charge in [-0.3, -0.25) is 0 Å². The molecule has 4 aromatic rings. The molecule has 0 aliphatic heterocycles. The van der Waals surface area contributed by atoms with E-state index in [9.17, 15) is 5.26 Å². The molecule has 0 aliphatic carbocycles. The van der Waals surface area contributed by atoms with Crippen molar-refractivity contribution in [2.75, 3.05) is 19.8 Å². The van der Waals surface area contributed by atoms with E-state index in [4.69, 9.17) is 19.5 Å². The predicted molar refractivity (Wildman–Crippen MR) is 118 cm³/mol. The highest BCUT2D eigenvalue weighted by atomic mass is 16.5. The van der Waals surface area contributed by atoms with Crippen LogP contribution >= 0.6 is 0 Å². The summed E-state index contributed by atoms with van der Waals surface area (Å²) in [5, 5.41) is 19.5. The van der Waals surface area contributed by atoms with Gasteiger partial charge in [0.1, 0.15) is 29.4 Å². The number of fused-ring (bicyclic) bond motifs is 3. The molecule has 6 heteroatoms. The summed E-state index contributed by atoms with van der Waals surface area (Å²) >= 11 is 0. The van der Waals surface area contributed by atoms with Crippen LogP contribution in [0.2, 0.25) is 0 Å². The number of benzene rings is 2. The maximum atomic E-state index is 9.84. The SMILES string of the molecule is CCOc1cccc(CCOc2cc(OCC#N)cc3c2c(C#N)c2ccccn23)c1. The van der Waals surface area contributed by atoms with Crippen LogP contribution in [-0.4, -0.2) is 24.2 Å². The fourth-order valence-electron chi connectivity index (χ4n) is 3.66. The fourth-order valence-corrected chi connectivity index (χ4v) is 3.66. The van der Waals surface area contributed by atoms with Gasteiger partial charge in [0.05, 0.1) is 35.2 Å². The highest BCUT2D eigenvalue weighted by Crippen LogP contribution is 2.37. The Kier molecular flexibility index (Phi) is 5.91. The second kappa shape index (κ2) is 9.11. The lowest BCUT2D eigenvalue weighted by atomic mass is 10.1. The molecule has 0 radical (unpaired) electrons. The molecule has 0 atom stereocenters. The minimum Gasteiger partial charge on any atom is -0.494 e. The van der Waals surface area contributed by atoms with Crippen LogP contribution in [0.15, 0.2) is 60.8 Å². The summed E-state index contributed by atoms with van der Waals surface area (Å²) in [4.78, 5) is 0. The number of rotatable bonds is 8. The van der Waals surface area contributed by atoms with Crippen LogP contribution < -0.4 is 14.2 Å². The van der Waals surface area contributed by atoms with Crippen molar-refractivity contribution in [2.24, 2.45) is 0 Å². The summed E-state index contributed by atoms with van der Waals surface area (Å²) in [7, 11) is 0. The Hall–Kier alpha value is -4.16. The van der Waals surface area contributed by atoms with E-state index in [0.717, 1.165) is 27.7 Å². The Morgan fingerprint density at radius 3 is 2.61 bits per heavy atom. The van der Waals surface area contributed by atoms with E-state index in [0.29, 0.717) is 36.7 Å². The molecule has 0 saturated carbocycles. The maximum Gasteiger partial charge on any atom is 0.174 e. The van der Waals surface area contributed by atoms with Crippen LogP contribution in [0.4, 0.5) is 0 Å². The summed E-state index contributed by atoms with van der Waals surface area (Å²) in [6, 6.07) is 21.5. The van der Waals surface area contributed by atoms with Crippen LogP contribution in [0.5, 0.6) is 17.2 Å². The van der Waals surface area contributed by atoms with Crippen molar-refractivity contribution in [1.29, 1.82) is 10.5 Å². The van der Waals surface area contributed by atoms with Gasteiger partial charge in [-0.1, -0.05) is 18.2 Å². The third kappa shape index (κ3) is 4.10. The Bertz CT molecular complexity index is 1310. The summed E-state index contributed by atoms with van der Waals surface area (Å²) in [6.07, 6.45) is 2.58. The first-order valence-electron chi connectivity index (χ1n) is 10.1. The molecule has 2 aromatic heterocycles. The summed E-state index contributed by atoms with van der Waals surface area (Å²) < 4.78 is 19.2. The van der Waals surface area contributed by atoms with Crippen LogP contribution in [0.3, 0.4) is 0 Å². The van der Waals surface area contributed by atoms with Gasteiger partial charge in [0.2, 0.25) is 0 Å². The summed E-state index contributed by atoms with van der Waals surface area (Å²) in [5.74, 6) is 1.92. The van der Waals surface area contributed by atoms with Gasteiger partial charge in [-0.05, 0) is 36.8 Å². The smallest absolute Gasteiger partial charge is 0.174 e. The van der Waals surface area contributed by atoms with Crippen LogP contribution in [0.1, 0.15) is 18.1 Å². The quantitative estimate of drug-likeness (QED) is 0.413. The van der Waals surface area contributed by atoms with Crippen molar-refractivity contribution >= 4 is 16.4 Å². The van der Waals surface area contributed by atoms with Crippen molar-refractivity contribution in [3.8, 4) is 29.4 Å². The molecule has 0 aliphatic rings. The first-order valence-corrected chi connectivity index (χ1v) is 10.1. The maximum absolute atomic E-state index is 9.84. The number of pyridine rings is 1. The zero-order chi connectivity index (χ0) is 21.6. The molecule has 0 amide bonds. The molecule has 0 N–H and O–H groups in total. The van der Waals surface area contributed by atoms with Gasteiger partial charge in [0.25, 0.3) is 0 Å². The number of hydrogen-bond acceptors (Lipinski definition) is 5. The van der Waals surface area contributed by atoms with Crippen molar-refractivity contribution < 1.29 is 14.2 Å². The molecule has 154 valence electrons. The molecule has 4 rings (SSSR count). The lowest BCUT2D eigenvalue weighted by Gasteiger charge is -2.11. The first kappa shape index (κ1) is 20.1. The second-order valence-corrected chi connectivity index (χ2v) is 6.88. The fraction of sp³-hybridized carbons (Fsp3) is 0.200. The van der Waals surface area contributed by atoms with E-state index in [-0.39, 0.29) is 6.61 Å². The minimum absolute atomic E-state index is 0.0659. The number of nitriles is 2. The Labute approximate surface area is 180 Å². The van der Waals surface area contributed by atoms with E-state index < -0.39 is 0 Å². The van der Waals surface area contributed by atoms with Crippen molar-refractivity contribution in [1.82, 2.24) is 4.40 Å². The molecule has 0 saturated heterocycles. The van der Waals surface area contributed by atoms with Crippen molar-refractivity contribution in [3.63, 3.8) is 0 Å². The van der Waals surface area contributed by atoms with Gasteiger partial charge in [0.15, 0.2) is 6.61 Å². The Balaban J connectivity index is 1.69. The predicted octanol–water partition coefficient (Wildman–Crippen LogP) is 4.89. The summed E-state index contributed by atoms with van der Waals surface area (Å²) in [6.45, 7) is 2.93. The van der Waals surface area contributed by atoms with E-state index in [1.165, 1.54) is 0 Å². The molecule has 31 heavy (non-hydrogen) atoms. The third-order valence-electron chi connectivity index (χ3n) is 4.95. The topological polar surface area (TPSA) is 79.7 Å². The largest absolute Gasteiger partial charge is 0.494 e. The lowest BCUT2D eigenvalue weighted by Crippen LogP contribution is -2.03. The molecule has 0 bridgehead atoms. The van der Waals surface area contributed by atoms with Gasteiger partial charge < -0.3 is 18.6 Å². The minimum atomic E-state index is -0.0659. The molecule has 2 heterocycles. The zero-order valence-corrected chi connectivity index (χ0v) is 17.2. The third-order valence-corrected chi connectivity index (χ3v) is 4.95. The van der Waals surface area contributed by atoms with Gasteiger partial charge in [-0.25, -0.2) is 0 Å². The van der Waals surface area contributed by atoms with E-state index >= 15 is 0 Å². The van der Waals surface area contributed by atoms with Crippen molar-refractivity contribution in [3.05, 3.63) is 71.9 Å². The number of ether oxygens (including phenoxy) is 3. The monoisotopic (exact) mass is 411 g/mol. The highest BCUT2D eigenvalue weighted by molar-refractivity contribution is 6.00. The van der Waals surface area contributed by atoms with Crippen LogP contribution in [0.25, 0.3) is 16.4 Å². The van der Waals surface area contributed by atoms with E-state index in [1.807, 2.05) is 72.1 Å². The van der Waals surface area contributed by atoms with E-state index in [1.54, 1.807) is 6.07 Å². The molecule has 6 nitrogen and oxygen atoms in total. The average Bonchev–Trinajstić information content (AvgIpc) is 3.12. The average molecular weight is 411 g/mol. The van der Waals surface area contributed by atoms with Gasteiger partial charge >= 0.3 is 0 Å². The van der Waals surface area contributed by atoms with Crippen molar-refractivity contribution in [2.45, 2.75) is 13.3 Å². The molecule has 2 aromatic carbocycles. The lowest BCUT2D eigenvalue weighted by molar-refractivity contribution is 0.319.